The van der Waals surface area contributed by atoms with E-state index in [1.165, 1.54) is 27.2 Å². The zero-order valence-corrected chi connectivity index (χ0v) is 37.7. The van der Waals surface area contributed by atoms with Crippen LogP contribution in [0.15, 0.2) is 41.1 Å². The lowest BCUT2D eigenvalue weighted by atomic mass is 9.78. The van der Waals surface area contributed by atoms with Gasteiger partial charge in [-0.1, -0.05) is 59.8 Å². The number of phenolic OH excluding ortho intramolecular Hbond substituents is 2. The van der Waals surface area contributed by atoms with Crippen molar-refractivity contribution in [2.45, 2.75) is 118 Å². The Labute approximate surface area is 363 Å². The number of rotatable bonds is 4. The minimum Gasteiger partial charge on any atom is -0.507 e. The van der Waals surface area contributed by atoms with Gasteiger partial charge in [-0.3, -0.25) is 19.4 Å². The second kappa shape index (κ2) is 18.0. The lowest BCUT2D eigenvalue weighted by Gasteiger charge is -2.43. The van der Waals surface area contributed by atoms with Gasteiger partial charge in [-0.2, -0.15) is 0 Å². The molecule has 0 radical (unpaired) electrons. The molecule has 1 fully saturated rings. The van der Waals surface area contributed by atoms with Gasteiger partial charge in [0.15, 0.2) is 5.75 Å². The summed E-state index contributed by atoms with van der Waals surface area (Å²) in [5.74, 6) is -6.37. The van der Waals surface area contributed by atoms with Crippen LogP contribution in [-0.2, 0) is 23.8 Å². The second-order valence-electron chi connectivity index (χ2n) is 18.3. The van der Waals surface area contributed by atoms with E-state index in [-0.39, 0.29) is 50.3 Å². The molecule has 1 saturated heterocycles. The van der Waals surface area contributed by atoms with E-state index < -0.39 is 82.8 Å². The molecule has 6 rings (SSSR count). The summed E-state index contributed by atoms with van der Waals surface area (Å²) >= 11 is 0. The van der Waals surface area contributed by atoms with Crippen LogP contribution in [0.25, 0.3) is 10.8 Å². The summed E-state index contributed by atoms with van der Waals surface area (Å²) in [5.41, 5.74) is 0.275. The number of allylic oxidation sites excluding steroid dienone is 2. The van der Waals surface area contributed by atoms with Crippen LogP contribution in [0.5, 0.6) is 17.2 Å². The van der Waals surface area contributed by atoms with E-state index in [0.29, 0.717) is 24.4 Å². The molecular weight excluding hydrogens is 797 g/mol. The first-order chi connectivity index (χ1) is 29.1. The zero-order chi connectivity index (χ0) is 45.6. The number of phenols is 2. The number of methoxy groups -OCH3 is 1. The molecule has 4 aliphatic heterocycles. The number of fused-ring (bicyclic) bond motifs is 1. The highest BCUT2D eigenvalue weighted by Crippen LogP contribution is 2.58. The standard InChI is InChI=1S/C47H64N4O11/c1-23(2)21-51-18-16-47(17-19-51)22-48-36-35(50-47)32-33-40(55)29(8)43-34(32)44(57)46(10,62-43)60-20-15-31(59-11)26(5)42(61-30(9)52)28(7)39(54)27(6)38(53)24(3)13-12-14-25(4)45(58)49-37(36)41(33)56/h12-15,20,22-24,26-28,31,38-39,42,50,53-56H,16-19,21H2,1-11H3,(H,49,58)/t24-,26+,27+,28+,31-,38-,39+,42+,46-/m0/s1. The van der Waals surface area contributed by atoms with Gasteiger partial charge in [0, 0.05) is 87.0 Å². The highest BCUT2D eigenvalue weighted by Gasteiger charge is 2.51. The summed E-state index contributed by atoms with van der Waals surface area (Å²) in [6.07, 6.45) is 7.13. The molecule has 6 N–H and O–H groups in total. The van der Waals surface area contributed by atoms with E-state index in [1.54, 1.807) is 72.1 Å². The number of nitrogens with one attached hydrogen (secondary N) is 2. The van der Waals surface area contributed by atoms with Crippen molar-refractivity contribution in [3.8, 4) is 17.2 Å². The number of carbonyl (C=O) groups is 3. The molecule has 15 nitrogen and oxygen atoms in total. The van der Waals surface area contributed by atoms with E-state index in [2.05, 4.69) is 29.4 Å². The van der Waals surface area contributed by atoms with E-state index in [4.69, 9.17) is 23.9 Å². The summed E-state index contributed by atoms with van der Waals surface area (Å²) in [5, 5.41) is 53.6. The molecule has 1 spiro atoms. The SMILES string of the molecule is CO[C@H]1C=CO[C@@]2(C)Oc3c(C)c(O)c4c(O)c(c5c(c4c3C2=O)NC2(C=N5)CCN(CC(C)C)CC2)NC(=O)C(C)=CC=C[C@H](C)[C@H](O)[C@@H](C)[C@@H](O)[C@@H](C)[C@H](OC(C)=O)[C@@H]1C. The Morgan fingerprint density at radius 3 is 2.29 bits per heavy atom. The molecule has 1 amide bonds. The van der Waals surface area contributed by atoms with Gasteiger partial charge in [-0.15, -0.1) is 0 Å². The monoisotopic (exact) mass is 860 g/mol. The maximum absolute atomic E-state index is 14.8. The van der Waals surface area contributed by atoms with Crippen molar-refractivity contribution < 1.29 is 53.8 Å². The molecule has 4 heterocycles. The first-order valence-electron chi connectivity index (χ1n) is 21.6. The third-order valence-corrected chi connectivity index (χ3v) is 13.2. The molecule has 15 heteroatoms. The maximum atomic E-state index is 14.8. The number of nitrogens with zero attached hydrogens (tertiary/aromatic N) is 2. The van der Waals surface area contributed by atoms with Crippen LogP contribution >= 0.6 is 0 Å². The number of aliphatic imine (C=N–C) groups is 1. The quantitative estimate of drug-likeness (QED) is 0.108. The molecule has 4 bridgehead atoms. The summed E-state index contributed by atoms with van der Waals surface area (Å²) < 4.78 is 24.1. The third-order valence-electron chi connectivity index (χ3n) is 13.2. The number of aliphatic hydroxyl groups is 2. The highest BCUT2D eigenvalue weighted by atomic mass is 16.7. The molecular formula is C47H64N4O11. The molecule has 2 aromatic carbocycles. The average molecular weight is 861 g/mol. The fourth-order valence-corrected chi connectivity index (χ4v) is 9.35. The first-order valence-corrected chi connectivity index (χ1v) is 21.6. The van der Waals surface area contributed by atoms with Crippen LogP contribution in [0.1, 0.15) is 91.1 Å². The van der Waals surface area contributed by atoms with Gasteiger partial charge >= 0.3 is 11.8 Å². The molecule has 62 heavy (non-hydrogen) atoms. The number of benzene rings is 2. The number of ketones is 1. The number of Topliss-reactive ketones (excluding diaryl/α,β-unsaturated/α-hetero) is 1. The van der Waals surface area contributed by atoms with Crippen molar-refractivity contribution in [1.82, 2.24) is 4.90 Å². The molecule has 4 aliphatic rings. The lowest BCUT2D eigenvalue weighted by molar-refractivity contribution is -0.160. The molecule has 0 aromatic heterocycles. The van der Waals surface area contributed by atoms with Crippen molar-refractivity contribution in [2.24, 2.45) is 34.6 Å². The summed E-state index contributed by atoms with van der Waals surface area (Å²) in [6.45, 7) is 19.8. The van der Waals surface area contributed by atoms with Crippen molar-refractivity contribution in [3.05, 3.63) is 47.3 Å². The first kappa shape index (κ1) is 46.5. The number of esters is 1. The normalized spacial score (nSPS) is 30.5. The molecule has 0 unspecified atom stereocenters. The Morgan fingerprint density at radius 2 is 1.66 bits per heavy atom. The van der Waals surface area contributed by atoms with E-state index in [0.717, 1.165) is 19.6 Å². The van der Waals surface area contributed by atoms with E-state index >= 15 is 0 Å². The topological polar surface area (TPSA) is 209 Å². The number of ether oxygens (including phenoxy) is 4. The minimum atomic E-state index is -1.96. The molecule has 9 atom stereocenters. The Hall–Kier alpha value is -4.96. The Bertz CT molecular complexity index is 2210. The maximum Gasteiger partial charge on any atom is 0.312 e. The van der Waals surface area contributed by atoms with Crippen LogP contribution in [0.2, 0.25) is 0 Å². The van der Waals surface area contributed by atoms with Gasteiger partial charge in [-0.05, 0) is 38.7 Å². The molecule has 0 saturated carbocycles. The summed E-state index contributed by atoms with van der Waals surface area (Å²) in [7, 11) is 1.47. The predicted octanol–water partition coefficient (Wildman–Crippen LogP) is 6.67. The van der Waals surface area contributed by atoms with Crippen molar-refractivity contribution in [3.63, 3.8) is 0 Å². The zero-order valence-electron chi connectivity index (χ0n) is 37.7. The number of piperidine rings is 1. The Morgan fingerprint density at radius 1 is 0.984 bits per heavy atom. The van der Waals surface area contributed by atoms with Crippen molar-refractivity contribution in [1.29, 1.82) is 0 Å². The van der Waals surface area contributed by atoms with Crippen molar-refractivity contribution >= 4 is 51.7 Å². The van der Waals surface area contributed by atoms with E-state index in [9.17, 15) is 34.8 Å². The van der Waals surface area contributed by atoms with Crippen LogP contribution in [0.3, 0.4) is 0 Å². The lowest BCUT2D eigenvalue weighted by Crippen LogP contribution is -2.51. The fourth-order valence-electron chi connectivity index (χ4n) is 9.35. The van der Waals surface area contributed by atoms with Gasteiger partial charge in [0.1, 0.15) is 29.0 Å². The summed E-state index contributed by atoms with van der Waals surface area (Å²) in [6, 6.07) is 0. The van der Waals surface area contributed by atoms with Gasteiger partial charge in [0.25, 0.3) is 11.7 Å². The van der Waals surface area contributed by atoms with Gasteiger partial charge < -0.3 is 54.9 Å². The Balaban J connectivity index is 1.52. The largest absolute Gasteiger partial charge is 0.507 e. The van der Waals surface area contributed by atoms with Crippen molar-refractivity contribution in [2.75, 3.05) is 37.4 Å². The van der Waals surface area contributed by atoms with Crippen LogP contribution in [0, 0.1) is 36.5 Å². The molecule has 2 aromatic rings. The number of anilines is 2. The van der Waals surface area contributed by atoms with Gasteiger partial charge in [0.2, 0.25) is 0 Å². The number of carbonyl (C=O) groups excluding carboxylic acids is 3. The number of hydrogen-bond donors (Lipinski definition) is 6. The average Bonchev–Trinajstić information content (AvgIpc) is 3.49. The van der Waals surface area contributed by atoms with Gasteiger partial charge in [0.05, 0.1) is 46.7 Å². The smallest absolute Gasteiger partial charge is 0.312 e. The molecule has 338 valence electrons. The number of aliphatic hydroxyl groups excluding tert-OH is 2. The van der Waals surface area contributed by atoms with Crippen LogP contribution < -0.4 is 15.4 Å². The molecule has 0 aliphatic carbocycles. The van der Waals surface area contributed by atoms with E-state index in [1.807, 2.05) is 0 Å². The number of aromatic hydroxyl groups is 2. The predicted molar refractivity (Wildman–Crippen MR) is 237 cm³/mol. The fraction of sp³-hybridized carbons (Fsp3) is 0.574. The highest BCUT2D eigenvalue weighted by molar-refractivity contribution is 6.26. The number of likely N-dealkylation sites (tertiary alicyclic amines) is 1. The Kier molecular flexibility index (Phi) is 13.5. The van der Waals surface area contributed by atoms with Gasteiger partial charge in [-0.25, -0.2) is 0 Å². The van der Waals surface area contributed by atoms with Crippen LogP contribution in [0.4, 0.5) is 17.1 Å². The number of amides is 1. The second-order valence-corrected chi connectivity index (χ2v) is 18.3. The van der Waals surface area contributed by atoms with Crippen LogP contribution in [-0.4, -0.2) is 112 Å². The minimum absolute atomic E-state index is 0.0578. The summed E-state index contributed by atoms with van der Waals surface area (Å²) in [4.78, 5) is 48.4. The third kappa shape index (κ3) is 8.69. The number of hydrogen-bond acceptors (Lipinski definition) is 14.